The number of benzene rings is 2. The van der Waals surface area contributed by atoms with Gasteiger partial charge in [-0.05, 0) is 42.7 Å². The van der Waals surface area contributed by atoms with Gasteiger partial charge in [-0.3, -0.25) is 9.69 Å². The highest BCUT2D eigenvalue weighted by molar-refractivity contribution is 7.91. The number of carbonyl (C=O) groups excluding carboxylic acids is 1. The van der Waals surface area contributed by atoms with Crippen LogP contribution in [0.15, 0.2) is 59.0 Å². The Morgan fingerprint density at radius 1 is 1.03 bits per heavy atom. The van der Waals surface area contributed by atoms with Crippen LogP contribution in [0.25, 0.3) is 11.5 Å². The van der Waals surface area contributed by atoms with E-state index in [0.717, 1.165) is 30.8 Å². The summed E-state index contributed by atoms with van der Waals surface area (Å²) in [5, 5.41) is 0. The number of carbonyl (C=O) groups is 1. The van der Waals surface area contributed by atoms with Crippen LogP contribution < -0.4 is 0 Å². The van der Waals surface area contributed by atoms with Crippen LogP contribution in [-0.2, 0) is 28.3 Å². The third-order valence-electron chi connectivity index (χ3n) is 5.75. The molecule has 1 fully saturated rings. The van der Waals surface area contributed by atoms with Crippen LogP contribution >= 0.6 is 0 Å². The second-order valence-electron chi connectivity index (χ2n) is 8.26. The molecule has 0 aliphatic carbocycles. The van der Waals surface area contributed by atoms with Crippen LogP contribution in [0, 0.1) is 13.8 Å². The molecule has 32 heavy (non-hydrogen) atoms. The van der Waals surface area contributed by atoms with E-state index in [1.54, 1.807) is 0 Å². The molecule has 2 aromatic carbocycles. The van der Waals surface area contributed by atoms with Crippen molar-refractivity contribution in [3.8, 4) is 11.5 Å². The Labute approximate surface area is 192 Å². The number of aromatic nitrogens is 1. The van der Waals surface area contributed by atoms with E-state index in [1.165, 1.54) is 5.56 Å². The zero-order valence-corrected chi connectivity index (χ0v) is 19.4. The van der Waals surface area contributed by atoms with Gasteiger partial charge in [-0.1, -0.05) is 48.0 Å². The molecule has 1 aliphatic rings. The summed E-state index contributed by atoms with van der Waals surface area (Å²) in [4.78, 5) is 21.4. The maximum atomic E-state index is 12.7. The SMILES string of the molecule is Cc1ccc(-c2nc(C[S+]([O-])CC(=O)N3CCN(Cc4ccccc4)CC3)c(C)o2)cc1. The first kappa shape index (κ1) is 22.6. The summed E-state index contributed by atoms with van der Waals surface area (Å²) < 4.78 is 18.5. The standard InChI is InChI=1S/C25H29N3O3S/c1-19-8-10-22(11-9-19)25-26-23(20(2)31-25)17-32(30)18-24(29)28-14-12-27(13-15-28)16-21-6-4-3-5-7-21/h3-11H,12-18H2,1-2H3. The summed E-state index contributed by atoms with van der Waals surface area (Å²) in [6.07, 6.45) is 0. The quantitative estimate of drug-likeness (QED) is 0.514. The van der Waals surface area contributed by atoms with Crippen molar-refractivity contribution in [3.63, 3.8) is 0 Å². The fourth-order valence-corrected chi connectivity index (χ4v) is 4.94. The molecule has 0 bridgehead atoms. The highest BCUT2D eigenvalue weighted by atomic mass is 32.2. The first-order valence-corrected chi connectivity index (χ1v) is 12.4. The first-order chi connectivity index (χ1) is 15.5. The van der Waals surface area contributed by atoms with E-state index < -0.39 is 11.2 Å². The van der Waals surface area contributed by atoms with Crippen molar-refractivity contribution >= 4 is 17.1 Å². The number of amides is 1. The molecule has 0 radical (unpaired) electrons. The third kappa shape index (κ3) is 5.79. The van der Waals surface area contributed by atoms with Gasteiger partial charge in [-0.15, -0.1) is 0 Å². The second kappa shape index (κ2) is 10.3. The minimum absolute atomic E-state index is 0.0187. The maximum absolute atomic E-state index is 12.7. The average molecular weight is 452 g/mol. The van der Waals surface area contributed by atoms with Gasteiger partial charge in [0.2, 0.25) is 5.89 Å². The van der Waals surface area contributed by atoms with Gasteiger partial charge in [0.1, 0.15) is 11.5 Å². The van der Waals surface area contributed by atoms with E-state index in [2.05, 4.69) is 22.0 Å². The third-order valence-corrected chi connectivity index (χ3v) is 6.91. The summed E-state index contributed by atoms with van der Waals surface area (Å²) in [5.41, 5.74) is 3.98. The van der Waals surface area contributed by atoms with E-state index >= 15 is 0 Å². The molecule has 0 saturated carbocycles. The highest BCUT2D eigenvalue weighted by Crippen LogP contribution is 2.23. The minimum atomic E-state index is -1.33. The number of rotatable bonds is 7. The molecular weight excluding hydrogens is 422 g/mol. The monoisotopic (exact) mass is 451 g/mol. The number of hydrogen-bond acceptors (Lipinski definition) is 5. The Balaban J connectivity index is 1.27. The van der Waals surface area contributed by atoms with Crippen LogP contribution in [0.1, 0.15) is 22.6 Å². The Morgan fingerprint density at radius 3 is 2.41 bits per heavy atom. The number of hydrogen-bond donors (Lipinski definition) is 0. The summed E-state index contributed by atoms with van der Waals surface area (Å²) >= 11 is -1.33. The molecule has 1 amide bonds. The largest absolute Gasteiger partial charge is 0.616 e. The van der Waals surface area contributed by atoms with Gasteiger partial charge in [0.15, 0.2) is 11.5 Å². The first-order valence-electron chi connectivity index (χ1n) is 10.9. The minimum Gasteiger partial charge on any atom is -0.616 e. The zero-order chi connectivity index (χ0) is 22.5. The predicted octanol–water partition coefficient (Wildman–Crippen LogP) is 3.55. The molecule has 0 spiro atoms. The fraction of sp³-hybridized carbons (Fsp3) is 0.360. The molecule has 0 N–H and O–H groups in total. The van der Waals surface area contributed by atoms with E-state index in [9.17, 15) is 9.35 Å². The highest BCUT2D eigenvalue weighted by Gasteiger charge is 2.26. The van der Waals surface area contributed by atoms with Gasteiger partial charge < -0.3 is 13.9 Å². The molecule has 1 aromatic heterocycles. The number of oxazole rings is 1. The van der Waals surface area contributed by atoms with Crippen molar-refractivity contribution < 1.29 is 13.8 Å². The molecule has 1 aliphatic heterocycles. The zero-order valence-electron chi connectivity index (χ0n) is 18.6. The summed E-state index contributed by atoms with van der Waals surface area (Å²) in [6.45, 7) is 7.74. The number of aryl methyl sites for hydroxylation is 2. The maximum Gasteiger partial charge on any atom is 0.272 e. The van der Waals surface area contributed by atoms with Crippen molar-refractivity contribution in [2.45, 2.75) is 26.1 Å². The van der Waals surface area contributed by atoms with Crippen molar-refractivity contribution in [1.82, 2.24) is 14.8 Å². The summed E-state index contributed by atoms with van der Waals surface area (Å²) in [7, 11) is 0. The lowest BCUT2D eigenvalue weighted by Gasteiger charge is -2.34. The second-order valence-corrected chi connectivity index (χ2v) is 9.72. The molecule has 7 heteroatoms. The van der Waals surface area contributed by atoms with Crippen LogP contribution in [0.5, 0.6) is 0 Å². The molecule has 4 rings (SSSR count). The predicted molar refractivity (Wildman–Crippen MR) is 126 cm³/mol. The van der Waals surface area contributed by atoms with Gasteiger partial charge in [0.05, 0.1) is 0 Å². The van der Waals surface area contributed by atoms with E-state index in [4.69, 9.17) is 4.42 Å². The van der Waals surface area contributed by atoms with Crippen LogP contribution in [0.3, 0.4) is 0 Å². The van der Waals surface area contributed by atoms with Gasteiger partial charge in [0.25, 0.3) is 5.91 Å². The lowest BCUT2D eigenvalue weighted by atomic mass is 10.1. The topological polar surface area (TPSA) is 72.6 Å². The Bertz CT molecular complexity index is 1030. The van der Waals surface area contributed by atoms with Gasteiger partial charge in [0, 0.05) is 38.3 Å². The van der Waals surface area contributed by atoms with Crippen LogP contribution in [0.4, 0.5) is 0 Å². The van der Waals surface area contributed by atoms with Gasteiger partial charge >= 0.3 is 0 Å². The molecule has 2 heterocycles. The molecular formula is C25H29N3O3S. The summed E-state index contributed by atoms with van der Waals surface area (Å²) in [5.74, 6) is 1.36. The van der Waals surface area contributed by atoms with Crippen molar-refractivity contribution in [3.05, 3.63) is 77.2 Å². The van der Waals surface area contributed by atoms with Gasteiger partial charge in [-0.2, -0.15) is 0 Å². The van der Waals surface area contributed by atoms with E-state index in [0.29, 0.717) is 30.4 Å². The van der Waals surface area contributed by atoms with Crippen LogP contribution in [0.2, 0.25) is 0 Å². The average Bonchev–Trinajstić information content (AvgIpc) is 3.15. The lowest BCUT2D eigenvalue weighted by Crippen LogP contribution is -2.49. The lowest BCUT2D eigenvalue weighted by molar-refractivity contribution is -0.130. The Kier molecular flexibility index (Phi) is 7.29. The summed E-state index contributed by atoms with van der Waals surface area (Å²) in [6, 6.07) is 18.3. The molecule has 1 unspecified atom stereocenters. The van der Waals surface area contributed by atoms with Crippen LogP contribution in [-0.4, -0.2) is 57.2 Å². The number of nitrogens with zero attached hydrogens (tertiary/aromatic N) is 3. The van der Waals surface area contributed by atoms with Gasteiger partial charge in [-0.25, -0.2) is 4.98 Å². The fourth-order valence-electron chi connectivity index (χ4n) is 3.81. The molecule has 1 atom stereocenters. The number of piperazine rings is 1. The van der Waals surface area contributed by atoms with E-state index in [1.807, 2.05) is 61.2 Å². The van der Waals surface area contributed by atoms with E-state index in [-0.39, 0.29) is 17.4 Å². The van der Waals surface area contributed by atoms with Crippen molar-refractivity contribution in [2.24, 2.45) is 0 Å². The van der Waals surface area contributed by atoms with Crippen molar-refractivity contribution in [2.75, 3.05) is 31.9 Å². The molecule has 3 aromatic rings. The molecule has 1 saturated heterocycles. The Morgan fingerprint density at radius 2 is 1.72 bits per heavy atom. The normalized spacial score (nSPS) is 15.7. The molecule has 6 nitrogen and oxygen atoms in total. The smallest absolute Gasteiger partial charge is 0.272 e. The Hall–Kier alpha value is -2.61. The molecule has 168 valence electrons. The van der Waals surface area contributed by atoms with Crippen molar-refractivity contribution in [1.29, 1.82) is 0 Å².